The first kappa shape index (κ1) is 24.2. The number of benzene rings is 2. The van der Waals surface area contributed by atoms with Crippen LogP contribution in [-0.2, 0) is 11.3 Å². The number of ether oxygens (including phenoxy) is 1. The smallest absolute Gasteiger partial charge is 0.272 e. The van der Waals surface area contributed by atoms with Crippen LogP contribution in [-0.4, -0.2) is 53.8 Å². The number of likely N-dealkylation sites (tertiary alicyclic amines) is 1. The number of carbonyl (C=O) groups excluding carboxylic acids is 1. The number of aromatic amines is 1. The van der Waals surface area contributed by atoms with Crippen molar-refractivity contribution in [1.29, 1.82) is 0 Å². The second-order valence-corrected chi connectivity index (χ2v) is 8.84. The number of nitrogens with zero attached hydrogens (tertiary/aromatic N) is 2. The van der Waals surface area contributed by atoms with E-state index in [1.165, 1.54) is 12.8 Å². The fourth-order valence-electron chi connectivity index (χ4n) is 4.21. The Kier molecular flexibility index (Phi) is 7.82. The van der Waals surface area contributed by atoms with Crippen LogP contribution in [0.1, 0.15) is 41.3 Å². The fraction of sp³-hybridized carbons (Fsp3) is 0.400. The second kappa shape index (κ2) is 11.0. The van der Waals surface area contributed by atoms with Gasteiger partial charge in [0.1, 0.15) is 0 Å². The normalized spacial score (nSPS) is 14.0. The van der Waals surface area contributed by atoms with Crippen LogP contribution in [0.2, 0.25) is 5.15 Å². The number of fused-ring (bicyclic) bond motifs is 1. The highest BCUT2D eigenvalue weighted by atomic mass is 35.5. The number of nitrogens with one attached hydrogen (secondary N) is 3. The van der Waals surface area contributed by atoms with Crippen molar-refractivity contribution in [1.82, 2.24) is 15.1 Å². The first-order chi connectivity index (χ1) is 16.5. The fourth-order valence-corrected chi connectivity index (χ4v) is 4.41. The van der Waals surface area contributed by atoms with Crippen molar-refractivity contribution in [3.8, 4) is 0 Å². The van der Waals surface area contributed by atoms with E-state index in [4.69, 9.17) is 16.3 Å². The Morgan fingerprint density at radius 3 is 2.71 bits per heavy atom. The summed E-state index contributed by atoms with van der Waals surface area (Å²) in [5, 5.41) is 13.6. The van der Waals surface area contributed by atoms with Crippen LogP contribution in [0.15, 0.2) is 35.1 Å². The Hall–Kier alpha value is -2.94. The third-order valence-corrected chi connectivity index (χ3v) is 6.42. The Morgan fingerprint density at radius 1 is 1.18 bits per heavy atom. The molecule has 0 saturated carbocycles. The first-order valence-corrected chi connectivity index (χ1v) is 12.0. The van der Waals surface area contributed by atoms with E-state index >= 15 is 0 Å². The number of halogens is 1. The minimum Gasteiger partial charge on any atom is -0.383 e. The van der Waals surface area contributed by atoms with E-state index in [1.54, 1.807) is 18.2 Å². The first-order valence-electron chi connectivity index (χ1n) is 11.6. The van der Waals surface area contributed by atoms with Gasteiger partial charge in [0, 0.05) is 42.0 Å². The van der Waals surface area contributed by atoms with E-state index in [0.717, 1.165) is 43.0 Å². The molecule has 0 bridgehead atoms. The SMILES string of the molecule is CCOCc1cc(NCCN2CCCC2)c(C)c(NC(=O)c2ccc3c(=O)[nH]nc(Cl)c3c2)c1. The molecule has 0 radical (unpaired) electrons. The lowest BCUT2D eigenvalue weighted by atomic mass is 10.1. The molecule has 1 aromatic heterocycles. The summed E-state index contributed by atoms with van der Waals surface area (Å²) in [6.45, 7) is 9.14. The van der Waals surface area contributed by atoms with Gasteiger partial charge in [-0.1, -0.05) is 11.6 Å². The van der Waals surface area contributed by atoms with Crippen molar-refractivity contribution in [3.05, 3.63) is 62.5 Å². The summed E-state index contributed by atoms with van der Waals surface area (Å²) >= 11 is 6.14. The lowest BCUT2D eigenvalue weighted by Gasteiger charge is -2.19. The maximum absolute atomic E-state index is 13.1. The van der Waals surface area contributed by atoms with Gasteiger partial charge in [-0.2, -0.15) is 5.10 Å². The number of rotatable bonds is 9. The zero-order valence-corrected chi connectivity index (χ0v) is 20.3. The molecule has 1 amide bonds. The summed E-state index contributed by atoms with van der Waals surface area (Å²) in [7, 11) is 0. The van der Waals surface area contributed by atoms with Gasteiger partial charge in [0.2, 0.25) is 0 Å². The molecule has 0 spiro atoms. The van der Waals surface area contributed by atoms with E-state index in [9.17, 15) is 9.59 Å². The topological polar surface area (TPSA) is 99.4 Å². The van der Waals surface area contributed by atoms with Crippen molar-refractivity contribution in [2.75, 3.05) is 43.4 Å². The molecule has 0 aliphatic carbocycles. The Balaban J connectivity index is 1.56. The zero-order chi connectivity index (χ0) is 24.1. The van der Waals surface area contributed by atoms with Crippen molar-refractivity contribution >= 4 is 39.7 Å². The van der Waals surface area contributed by atoms with Gasteiger partial charge in [0.15, 0.2) is 5.15 Å². The molecular formula is C25H30ClN5O3. The highest BCUT2D eigenvalue weighted by Crippen LogP contribution is 2.28. The van der Waals surface area contributed by atoms with E-state index in [0.29, 0.717) is 35.2 Å². The monoisotopic (exact) mass is 483 g/mol. The second-order valence-electron chi connectivity index (χ2n) is 8.49. The minimum absolute atomic E-state index is 0.142. The summed E-state index contributed by atoms with van der Waals surface area (Å²) in [5.41, 5.74) is 3.65. The average Bonchev–Trinajstić information content (AvgIpc) is 3.36. The molecule has 2 heterocycles. The molecule has 0 unspecified atom stereocenters. The molecule has 4 rings (SSSR count). The number of hydrogen-bond acceptors (Lipinski definition) is 6. The minimum atomic E-state index is -0.351. The van der Waals surface area contributed by atoms with Crippen LogP contribution < -0.4 is 16.2 Å². The number of aromatic nitrogens is 2. The zero-order valence-electron chi connectivity index (χ0n) is 19.5. The Labute approximate surface area is 203 Å². The molecule has 0 atom stereocenters. The summed E-state index contributed by atoms with van der Waals surface area (Å²) in [6, 6.07) is 8.80. The molecule has 9 heteroatoms. The molecule has 34 heavy (non-hydrogen) atoms. The quantitative estimate of drug-likeness (QED) is 0.422. The molecule has 8 nitrogen and oxygen atoms in total. The summed E-state index contributed by atoms with van der Waals surface area (Å²) < 4.78 is 5.61. The molecular weight excluding hydrogens is 454 g/mol. The van der Waals surface area contributed by atoms with E-state index in [2.05, 4.69) is 31.8 Å². The maximum Gasteiger partial charge on any atom is 0.272 e. The molecule has 2 aromatic carbocycles. The molecule has 1 aliphatic heterocycles. The highest BCUT2D eigenvalue weighted by molar-refractivity contribution is 6.34. The molecule has 180 valence electrons. The van der Waals surface area contributed by atoms with E-state index < -0.39 is 0 Å². The van der Waals surface area contributed by atoms with Gasteiger partial charge in [-0.15, -0.1) is 0 Å². The van der Waals surface area contributed by atoms with Gasteiger partial charge < -0.3 is 20.3 Å². The Morgan fingerprint density at radius 2 is 1.94 bits per heavy atom. The molecule has 3 N–H and O–H groups in total. The average molecular weight is 484 g/mol. The van der Waals surface area contributed by atoms with E-state index in [1.807, 2.05) is 19.9 Å². The molecule has 3 aromatic rings. The van der Waals surface area contributed by atoms with Crippen molar-refractivity contribution in [2.24, 2.45) is 0 Å². The van der Waals surface area contributed by atoms with Crippen LogP contribution in [0.5, 0.6) is 0 Å². The molecule has 1 saturated heterocycles. The van der Waals surface area contributed by atoms with Crippen molar-refractivity contribution in [3.63, 3.8) is 0 Å². The van der Waals surface area contributed by atoms with Crippen LogP contribution in [0.4, 0.5) is 11.4 Å². The Bertz CT molecular complexity index is 1240. The third-order valence-electron chi connectivity index (χ3n) is 6.13. The lowest BCUT2D eigenvalue weighted by molar-refractivity contribution is 0.102. The predicted molar refractivity (Wildman–Crippen MR) is 136 cm³/mol. The summed E-state index contributed by atoms with van der Waals surface area (Å²) in [6.07, 6.45) is 2.53. The predicted octanol–water partition coefficient (Wildman–Crippen LogP) is 4.18. The van der Waals surface area contributed by atoms with Crippen LogP contribution >= 0.6 is 11.6 Å². The summed E-state index contributed by atoms with van der Waals surface area (Å²) in [4.78, 5) is 27.6. The standard InChI is InChI=1S/C25H30ClN5O3/c1-3-34-15-17-12-21(27-8-11-31-9-4-5-10-31)16(2)22(13-17)28-24(32)18-6-7-19-20(14-18)23(26)29-30-25(19)33/h6-7,12-14,27H,3-5,8-11,15H2,1-2H3,(H,28,32)(H,30,33). The van der Waals surface area contributed by atoms with Gasteiger partial charge in [-0.25, -0.2) is 5.10 Å². The van der Waals surface area contributed by atoms with Gasteiger partial charge >= 0.3 is 0 Å². The third kappa shape index (κ3) is 5.58. The van der Waals surface area contributed by atoms with E-state index in [-0.39, 0.29) is 16.6 Å². The van der Waals surface area contributed by atoms with Gasteiger partial charge in [-0.05, 0) is 81.2 Å². The van der Waals surface area contributed by atoms with Crippen LogP contribution in [0, 0.1) is 6.92 Å². The largest absolute Gasteiger partial charge is 0.383 e. The number of amides is 1. The number of carbonyl (C=O) groups is 1. The number of anilines is 2. The van der Waals surface area contributed by atoms with Crippen molar-refractivity contribution in [2.45, 2.75) is 33.3 Å². The molecule has 1 fully saturated rings. The summed E-state index contributed by atoms with van der Waals surface area (Å²) in [5.74, 6) is -0.294. The van der Waals surface area contributed by atoms with Gasteiger partial charge in [0.05, 0.1) is 12.0 Å². The molecule has 1 aliphatic rings. The maximum atomic E-state index is 13.1. The van der Waals surface area contributed by atoms with Gasteiger partial charge in [0.25, 0.3) is 11.5 Å². The van der Waals surface area contributed by atoms with Crippen LogP contribution in [0.25, 0.3) is 10.8 Å². The van der Waals surface area contributed by atoms with Crippen molar-refractivity contribution < 1.29 is 9.53 Å². The lowest BCUT2D eigenvalue weighted by Crippen LogP contribution is -2.26. The van der Waals surface area contributed by atoms with Crippen LogP contribution in [0.3, 0.4) is 0 Å². The highest BCUT2D eigenvalue weighted by Gasteiger charge is 2.15. The number of hydrogen-bond donors (Lipinski definition) is 3. The van der Waals surface area contributed by atoms with Gasteiger partial charge in [-0.3, -0.25) is 9.59 Å². The number of H-pyrrole nitrogens is 1.